The molecule has 0 saturated heterocycles. The molecule has 0 bridgehead atoms. The van der Waals surface area contributed by atoms with E-state index in [9.17, 15) is 14.9 Å². The SMILES string of the molecule is COc1cc(/C=C/C(=O)OCC(=O)NC2(C#N)CCCC2)cc2c1OCCO2. The minimum absolute atomic E-state index is 0.433. The third kappa shape index (κ3) is 4.55. The first-order valence-electron chi connectivity index (χ1n) is 9.10. The number of fused-ring (bicyclic) bond motifs is 1. The van der Waals surface area contributed by atoms with E-state index in [0.29, 0.717) is 48.9 Å². The summed E-state index contributed by atoms with van der Waals surface area (Å²) in [6.45, 7) is 0.446. The van der Waals surface area contributed by atoms with E-state index in [0.717, 1.165) is 12.8 Å². The van der Waals surface area contributed by atoms with E-state index in [1.807, 2.05) is 0 Å². The Balaban J connectivity index is 1.55. The molecule has 1 N–H and O–H groups in total. The molecule has 0 aromatic heterocycles. The molecule has 1 saturated carbocycles. The van der Waals surface area contributed by atoms with Gasteiger partial charge in [0.2, 0.25) is 5.75 Å². The fraction of sp³-hybridized carbons (Fsp3) is 0.450. The van der Waals surface area contributed by atoms with E-state index in [2.05, 4.69) is 11.4 Å². The van der Waals surface area contributed by atoms with Crippen LogP contribution in [0.3, 0.4) is 0 Å². The molecule has 1 aliphatic carbocycles. The van der Waals surface area contributed by atoms with Gasteiger partial charge in [0.15, 0.2) is 18.1 Å². The third-order valence-electron chi connectivity index (χ3n) is 4.66. The molecule has 3 rings (SSSR count). The monoisotopic (exact) mass is 386 g/mol. The normalized spacial score (nSPS) is 17.0. The maximum Gasteiger partial charge on any atom is 0.331 e. The van der Waals surface area contributed by atoms with Crippen molar-refractivity contribution in [2.24, 2.45) is 0 Å². The number of carbonyl (C=O) groups is 2. The van der Waals surface area contributed by atoms with Crippen LogP contribution in [0, 0.1) is 11.3 Å². The molecule has 1 aromatic carbocycles. The molecule has 1 aromatic rings. The van der Waals surface area contributed by atoms with Crippen LogP contribution in [0.1, 0.15) is 31.2 Å². The summed E-state index contributed by atoms with van der Waals surface area (Å²) in [6, 6.07) is 5.59. The summed E-state index contributed by atoms with van der Waals surface area (Å²) in [5, 5.41) is 11.9. The van der Waals surface area contributed by atoms with Crippen LogP contribution in [-0.2, 0) is 14.3 Å². The van der Waals surface area contributed by atoms with Crippen LogP contribution in [0.4, 0.5) is 0 Å². The van der Waals surface area contributed by atoms with Crippen molar-refractivity contribution in [2.45, 2.75) is 31.2 Å². The number of rotatable bonds is 6. The van der Waals surface area contributed by atoms with Gasteiger partial charge in [-0.3, -0.25) is 4.79 Å². The summed E-state index contributed by atoms with van der Waals surface area (Å²) in [5.74, 6) is 0.426. The Morgan fingerprint density at radius 2 is 2.04 bits per heavy atom. The summed E-state index contributed by atoms with van der Waals surface area (Å²) in [6.07, 6.45) is 5.79. The number of nitrogens with zero attached hydrogens (tertiary/aromatic N) is 1. The second-order valence-corrected chi connectivity index (χ2v) is 6.64. The zero-order valence-corrected chi connectivity index (χ0v) is 15.7. The number of nitrogens with one attached hydrogen (secondary N) is 1. The Hall–Kier alpha value is -3.21. The molecule has 8 heteroatoms. The van der Waals surface area contributed by atoms with Crippen molar-refractivity contribution in [2.75, 3.05) is 26.9 Å². The number of methoxy groups -OCH3 is 1. The number of esters is 1. The lowest BCUT2D eigenvalue weighted by atomic mass is 10.00. The lowest BCUT2D eigenvalue weighted by molar-refractivity contribution is -0.144. The zero-order valence-electron chi connectivity index (χ0n) is 15.7. The number of amides is 1. The summed E-state index contributed by atoms with van der Waals surface area (Å²) in [4.78, 5) is 23.9. The molecule has 8 nitrogen and oxygen atoms in total. The van der Waals surface area contributed by atoms with Gasteiger partial charge >= 0.3 is 5.97 Å². The fourth-order valence-electron chi connectivity index (χ4n) is 3.28. The maximum atomic E-state index is 12.0. The summed E-state index contributed by atoms with van der Waals surface area (Å²) < 4.78 is 21.3. The average Bonchev–Trinajstić information content (AvgIpc) is 3.18. The minimum atomic E-state index is -0.832. The zero-order chi connectivity index (χ0) is 20.0. The quantitative estimate of drug-likeness (QED) is 0.588. The number of hydrogen-bond acceptors (Lipinski definition) is 7. The third-order valence-corrected chi connectivity index (χ3v) is 4.66. The highest BCUT2D eigenvalue weighted by atomic mass is 16.6. The number of hydrogen-bond donors (Lipinski definition) is 1. The second-order valence-electron chi connectivity index (χ2n) is 6.64. The molecule has 148 valence electrons. The number of ether oxygens (including phenoxy) is 4. The Labute approximate surface area is 163 Å². The number of nitriles is 1. The first kappa shape index (κ1) is 19.5. The van der Waals surface area contributed by atoms with Crippen molar-refractivity contribution in [3.63, 3.8) is 0 Å². The van der Waals surface area contributed by atoms with Gasteiger partial charge in [0.25, 0.3) is 5.91 Å². The van der Waals surface area contributed by atoms with Gasteiger partial charge in [-0.05, 0) is 49.5 Å². The molecule has 1 amide bonds. The van der Waals surface area contributed by atoms with Gasteiger partial charge in [0, 0.05) is 6.08 Å². The number of benzene rings is 1. The van der Waals surface area contributed by atoms with E-state index in [1.54, 1.807) is 12.1 Å². The van der Waals surface area contributed by atoms with E-state index in [1.165, 1.54) is 19.3 Å². The van der Waals surface area contributed by atoms with Crippen LogP contribution in [-0.4, -0.2) is 44.3 Å². The smallest absolute Gasteiger partial charge is 0.331 e. The first-order chi connectivity index (χ1) is 13.5. The van der Waals surface area contributed by atoms with Gasteiger partial charge < -0.3 is 24.3 Å². The van der Waals surface area contributed by atoms with Crippen LogP contribution >= 0.6 is 0 Å². The Morgan fingerprint density at radius 1 is 1.29 bits per heavy atom. The largest absolute Gasteiger partial charge is 0.493 e. The van der Waals surface area contributed by atoms with Crippen molar-refractivity contribution in [1.29, 1.82) is 5.26 Å². The highest BCUT2D eigenvalue weighted by Crippen LogP contribution is 2.40. The molecular formula is C20H22N2O6. The fourth-order valence-corrected chi connectivity index (χ4v) is 3.28. The van der Waals surface area contributed by atoms with Gasteiger partial charge in [-0.25, -0.2) is 4.79 Å². The molecule has 1 heterocycles. The summed E-state index contributed by atoms with van der Waals surface area (Å²) in [5.41, 5.74) is -0.168. The van der Waals surface area contributed by atoms with Crippen LogP contribution in [0.5, 0.6) is 17.2 Å². The molecule has 0 atom stereocenters. The molecule has 0 unspecified atom stereocenters. The van der Waals surface area contributed by atoms with Crippen LogP contribution in [0.2, 0.25) is 0 Å². The lowest BCUT2D eigenvalue weighted by Crippen LogP contribution is -2.46. The summed E-state index contributed by atoms with van der Waals surface area (Å²) in [7, 11) is 1.52. The minimum Gasteiger partial charge on any atom is -0.493 e. The summed E-state index contributed by atoms with van der Waals surface area (Å²) >= 11 is 0. The standard InChI is InChI=1S/C20H22N2O6/c1-25-15-10-14(11-16-19(15)27-9-8-26-16)4-5-18(24)28-12-17(23)22-20(13-21)6-2-3-7-20/h4-5,10-11H,2-3,6-9,12H2,1H3,(H,22,23)/b5-4+. The Morgan fingerprint density at radius 3 is 2.75 bits per heavy atom. The van der Waals surface area contributed by atoms with E-state index < -0.39 is 24.0 Å². The van der Waals surface area contributed by atoms with Crippen LogP contribution in [0.25, 0.3) is 6.08 Å². The van der Waals surface area contributed by atoms with E-state index in [-0.39, 0.29) is 0 Å². The van der Waals surface area contributed by atoms with Crippen molar-refractivity contribution in [3.05, 3.63) is 23.8 Å². The van der Waals surface area contributed by atoms with Gasteiger partial charge in [-0.1, -0.05) is 0 Å². The van der Waals surface area contributed by atoms with Gasteiger partial charge in [0.1, 0.15) is 18.8 Å². The van der Waals surface area contributed by atoms with E-state index >= 15 is 0 Å². The van der Waals surface area contributed by atoms with Crippen LogP contribution in [0.15, 0.2) is 18.2 Å². The molecule has 1 aliphatic heterocycles. The van der Waals surface area contributed by atoms with Crippen molar-refractivity contribution in [1.82, 2.24) is 5.32 Å². The average molecular weight is 386 g/mol. The van der Waals surface area contributed by atoms with Gasteiger partial charge in [-0.15, -0.1) is 0 Å². The van der Waals surface area contributed by atoms with Crippen molar-refractivity contribution < 1.29 is 28.5 Å². The highest BCUT2D eigenvalue weighted by molar-refractivity contribution is 5.89. The predicted octanol–water partition coefficient (Wildman–Crippen LogP) is 1.98. The van der Waals surface area contributed by atoms with E-state index in [4.69, 9.17) is 18.9 Å². The molecular weight excluding hydrogens is 364 g/mol. The maximum absolute atomic E-state index is 12.0. The van der Waals surface area contributed by atoms with Crippen LogP contribution < -0.4 is 19.5 Å². The van der Waals surface area contributed by atoms with Crippen molar-refractivity contribution in [3.8, 4) is 23.3 Å². The molecule has 1 fully saturated rings. The Kier molecular flexibility index (Phi) is 6.04. The molecule has 28 heavy (non-hydrogen) atoms. The number of carbonyl (C=O) groups excluding carboxylic acids is 2. The topological polar surface area (TPSA) is 107 Å². The molecule has 0 spiro atoms. The second kappa shape index (κ2) is 8.65. The predicted molar refractivity (Wildman–Crippen MR) is 98.9 cm³/mol. The lowest BCUT2D eigenvalue weighted by Gasteiger charge is -2.21. The molecule has 0 radical (unpaired) electrons. The van der Waals surface area contributed by atoms with Gasteiger partial charge in [0.05, 0.1) is 13.2 Å². The Bertz CT molecular complexity index is 803. The first-order valence-corrected chi connectivity index (χ1v) is 9.10. The van der Waals surface area contributed by atoms with Crippen molar-refractivity contribution >= 4 is 18.0 Å². The molecule has 2 aliphatic rings. The highest BCUT2D eigenvalue weighted by Gasteiger charge is 2.35. The van der Waals surface area contributed by atoms with Gasteiger partial charge in [-0.2, -0.15) is 5.26 Å².